The lowest BCUT2D eigenvalue weighted by molar-refractivity contribution is 0.259. The van der Waals surface area contributed by atoms with Crippen LogP contribution in [0.4, 0.5) is 4.39 Å². The molecule has 1 aromatic carbocycles. The van der Waals surface area contributed by atoms with Gasteiger partial charge in [-0.15, -0.1) is 0 Å². The minimum atomic E-state index is -3.58. The molecule has 138 valence electrons. The quantitative estimate of drug-likeness (QED) is 0.810. The first-order valence-electron chi connectivity index (χ1n) is 8.78. The van der Waals surface area contributed by atoms with E-state index < -0.39 is 15.8 Å². The van der Waals surface area contributed by atoms with E-state index >= 15 is 0 Å². The Morgan fingerprint density at radius 2 is 1.64 bits per heavy atom. The van der Waals surface area contributed by atoms with E-state index in [-0.39, 0.29) is 4.90 Å². The third-order valence-corrected chi connectivity index (χ3v) is 7.20. The number of halogens is 1. The van der Waals surface area contributed by atoms with Crippen LogP contribution in [0.1, 0.15) is 32.1 Å². The average molecular weight is 386 g/mol. The van der Waals surface area contributed by atoms with Crippen molar-refractivity contribution < 1.29 is 12.8 Å². The summed E-state index contributed by atoms with van der Waals surface area (Å²) in [6.07, 6.45) is 6.08. The van der Waals surface area contributed by atoms with Crippen molar-refractivity contribution in [1.82, 2.24) is 14.5 Å². The molecule has 8 heteroatoms. The van der Waals surface area contributed by atoms with Gasteiger partial charge in [0.15, 0.2) is 5.11 Å². The third kappa shape index (κ3) is 4.48. The highest BCUT2D eigenvalue weighted by Gasteiger charge is 2.29. The van der Waals surface area contributed by atoms with Gasteiger partial charge in [0.05, 0.1) is 4.90 Å². The molecule has 1 saturated heterocycles. The van der Waals surface area contributed by atoms with Crippen LogP contribution in [0.5, 0.6) is 0 Å². The van der Waals surface area contributed by atoms with Gasteiger partial charge in [0, 0.05) is 32.2 Å². The predicted octanol–water partition coefficient (Wildman–Crippen LogP) is 2.34. The summed E-state index contributed by atoms with van der Waals surface area (Å²) < 4.78 is 39.7. The van der Waals surface area contributed by atoms with E-state index in [0.717, 1.165) is 18.0 Å². The number of piperazine rings is 1. The normalized spacial score (nSPS) is 20.4. The zero-order valence-electron chi connectivity index (χ0n) is 14.2. The van der Waals surface area contributed by atoms with E-state index in [9.17, 15) is 12.8 Å². The summed E-state index contributed by atoms with van der Waals surface area (Å²) in [5.41, 5.74) is 0. The molecule has 1 N–H and O–H groups in total. The summed E-state index contributed by atoms with van der Waals surface area (Å²) in [5.74, 6) is -0.442. The van der Waals surface area contributed by atoms with Crippen molar-refractivity contribution in [3.8, 4) is 0 Å². The molecule has 0 spiro atoms. The zero-order chi connectivity index (χ0) is 17.9. The number of sulfonamides is 1. The Morgan fingerprint density at radius 3 is 2.24 bits per heavy atom. The largest absolute Gasteiger partial charge is 0.360 e. The Kier molecular flexibility index (Phi) is 5.91. The van der Waals surface area contributed by atoms with E-state index in [2.05, 4.69) is 5.32 Å². The lowest BCUT2D eigenvalue weighted by Gasteiger charge is -2.37. The number of nitrogens with one attached hydrogen (secondary N) is 1. The van der Waals surface area contributed by atoms with Crippen LogP contribution in [0.3, 0.4) is 0 Å². The maximum atomic E-state index is 13.0. The molecule has 5 nitrogen and oxygen atoms in total. The molecule has 0 bridgehead atoms. The van der Waals surface area contributed by atoms with Gasteiger partial charge in [0.1, 0.15) is 5.82 Å². The number of benzene rings is 1. The highest BCUT2D eigenvalue weighted by molar-refractivity contribution is 7.89. The number of hydrogen-bond acceptors (Lipinski definition) is 3. The second-order valence-corrected chi connectivity index (χ2v) is 8.95. The second-order valence-electron chi connectivity index (χ2n) is 6.63. The van der Waals surface area contributed by atoms with Crippen LogP contribution in [-0.2, 0) is 10.0 Å². The van der Waals surface area contributed by atoms with E-state index in [1.807, 2.05) is 4.90 Å². The summed E-state index contributed by atoms with van der Waals surface area (Å²) in [6, 6.07) is 5.42. The molecule has 3 rings (SSSR count). The van der Waals surface area contributed by atoms with Gasteiger partial charge >= 0.3 is 0 Å². The lowest BCUT2D eigenvalue weighted by Crippen LogP contribution is -2.54. The van der Waals surface area contributed by atoms with E-state index in [4.69, 9.17) is 12.2 Å². The number of rotatable bonds is 3. The summed E-state index contributed by atoms with van der Waals surface area (Å²) in [7, 11) is -3.58. The highest BCUT2D eigenvalue weighted by Crippen LogP contribution is 2.20. The van der Waals surface area contributed by atoms with Crippen LogP contribution in [0, 0.1) is 5.82 Å². The highest BCUT2D eigenvalue weighted by atomic mass is 32.2. The maximum absolute atomic E-state index is 13.0. The Labute approximate surface area is 154 Å². The summed E-state index contributed by atoms with van der Waals surface area (Å²) in [5, 5.41) is 4.16. The van der Waals surface area contributed by atoms with Crippen molar-refractivity contribution in [2.24, 2.45) is 0 Å². The second kappa shape index (κ2) is 7.97. The van der Waals surface area contributed by atoms with Gasteiger partial charge in [-0.3, -0.25) is 0 Å². The molecule has 0 radical (unpaired) electrons. The summed E-state index contributed by atoms with van der Waals surface area (Å²) in [6.45, 7) is 1.90. The fourth-order valence-electron chi connectivity index (χ4n) is 3.40. The molecule has 1 aliphatic heterocycles. The van der Waals surface area contributed by atoms with Gasteiger partial charge in [-0.1, -0.05) is 19.3 Å². The minimum Gasteiger partial charge on any atom is -0.360 e. The molecule has 1 saturated carbocycles. The molecular formula is C17H24FN3O2S2. The van der Waals surface area contributed by atoms with Crippen LogP contribution in [-0.4, -0.2) is 55.0 Å². The van der Waals surface area contributed by atoms with E-state index in [0.29, 0.717) is 32.2 Å². The van der Waals surface area contributed by atoms with Gasteiger partial charge < -0.3 is 10.2 Å². The lowest BCUT2D eigenvalue weighted by atomic mass is 9.96. The van der Waals surface area contributed by atoms with E-state index in [1.165, 1.54) is 47.8 Å². The fourth-order valence-corrected chi connectivity index (χ4v) is 5.17. The number of thiocarbonyl (C=S) groups is 1. The van der Waals surface area contributed by atoms with Crippen molar-refractivity contribution in [3.05, 3.63) is 30.1 Å². The molecule has 1 aromatic rings. The van der Waals surface area contributed by atoms with Crippen LogP contribution < -0.4 is 5.32 Å². The molecule has 2 aliphatic rings. The fraction of sp³-hybridized carbons (Fsp3) is 0.588. The first-order valence-corrected chi connectivity index (χ1v) is 10.6. The van der Waals surface area contributed by atoms with Gasteiger partial charge in [0.25, 0.3) is 0 Å². The first kappa shape index (κ1) is 18.5. The Bertz CT molecular complexity index is 695. The topological polar surface area (TPSA) is 52.7 Å². The minimum absolute atomic E-state index is 0.130. The molecule has 25 heavy (non-hydrogen) atoms. The van der Waals surface area contributed by atoms with Crippen molar-refractivity contribution in [1.29, 1.82) is 0 Å². The molecule has 0 atom stereocenters. The van der Waals surface area contributed by atoms with Crippen LogP contribution in [0.25, 0.3) is 0 Å². The van der Waals surface area contributed by atoms with Crippen LogP contribution in [0.2, 0.25) is 0 Å². The van der Waals surface area contributed by atoms with E-state index in [1.54, 1.807) is 0 Å². The van der Waals surface area contributed by atoms with Crippen molar-refractivity contribution in [3.63, 3.8) is 0 Å². The molecule has 0 amide bonds. The Morgan fingerprint density at radius 1 is 1.04 bits per heavy atom. The SMILES string of the molecule is O=S(=O)(c1ccc(F)cc1)N1CCN(C(=S)NC2CCCCC2)CC1. The molecular weight excluding hydrogens is 361 g/mol. The van der Waals surface area contributed by atoms with Crippen LogP contribution in [0.15, 0.2) is 29.2 Å². The summed E-state index contributed by atoms with van der Waals surface area (Å²) >= 11 is 5.50. The predicted molar refractivity (Wildman–Crippen MR) is 99.3 cm³/mol. The smallest absolute Gasteiger partial charge is 0.243 e. The Balaban J connectivity index is 1.55. The van der Waals surface area contributed by atoms with Crippen molar-refractivity contribution in [2.75, 3.05) is 26.2 Å². The van der Waals surface area contributed by atoms with Gasteiger partial charge in [-0.25, -0.2) is 12.8 Å². The third-order valence-electron chi connectivity index (χ3n) is 4.91. The zero-order valence-corrected chi connectivity index (χ0v) is 15.8. The molecule has 0 unspecified atom stereocenters. The van der Waals surface area contributed by atoms with Gasteiger partial charge in [0.2, 0.25) is 10.0 Å². The monoisotopic (exact) mass is 385 g/mol. The molecule has 1 heterocycles. The number of hydrogen-bond donors (Lipinski definition) is 1. The van der Waals surface area contributed by atoms with Gasteiger partial charge in [-0.2, -0.15) is 4.31 Å². The molecule has 0 aromatic heterocycles. The van der Waals surface area contributed by atoms with Crippen molar-refractivity contribution in [2.45, 2.75) is 43.0 Å². The summed E-state index contributed by atoms with van der Waals surface area (Å²) in [4.78, 5) is 2.17. The molecule has 2 fully saturated rings. The number of nitrogens with zero attached hydrogens (tertiary/aromatic N) is 2. The first-order chi connectivity index (χ1) is 12.0. The average Bonchev–Trinajstić information content (AvgIpc) is 2.63. The standard InChI is InChI=1S/C17H24FN3O2S2/c18-14-6-8-16(9-7-14)25(22,23)21-12-10-20(11-13-21)17(24)19-15-4-2-1-3-5-15/h6-9,15H,1-5,10-13H2,(H,19,24). The van der Waals surface area contributed by atoms with Crippen molar-refractivity contribution >= 4 is 27.4 Å². The maximum Gasteiger partial charge on any atom is 0.243 e. The molecule has 1 aliphatic carbocycles. The Hall–Kier alpha value is -1.25. The van der Waals surface area contributed by atoms with Gasteiger partial charge in [-0.05, 0) is 49.3 Å². The van der Waals surface area contributed by atoms with Crippen LogP contribution >= 0.6 is 12.2 Å².